The van der Waals surface area contributed by atoms with Gasteiger partial charge in [0.15, 0.2) is 0 Å². The second kappa shape index (κ2) is 6.78. The van der Waals surface area contributed by atoms with E-state index >= 15 is 0 Å². The van der Waals surface area contributed by atoms with Crippen molar-refractivity contribution in [2.45, 2.75) is 56.6 Å². The molecule has 1 spiro atoms. The van der Waals surface area contributed by atoms with Crippen LogP contribution in [0.2, 0.25) is 0 Å². The maximum absolute atomic E-state index is 6.21. The maximum atomic E-state index is 6.21. The lowest BCUT2D eigenvalue weighted by atomic mass is 9.73. The Bertz CT molecular complexity index is 468. The van der Waals surface area contributed by atoms with Crippen molar-refractivity contribution in [3.8, 4) is 0 Å². The molecule has 2 unspecified atom stereocenters. The van der Waals surface area contributed by atoms with Gasteiger partial charge in [0, 0.05) is 17.1 Å². The molecule has 1 saturated heterocycles. The lowest BCUT2D eigenvalue weighted by Gasteiger charge is -2.45. The van der Waals surface area contributed by atoms with E-state index in [0.717, 1.165) is 23.9 Å². The molecule has 1 aromatic carbocycles. The molecule has 0 bridgehead atoms. The van der Waals surface area contributed by atoms with E-state index in [1.807, 2.05) is 0 Å². The summed E-state index contributed by atoms with van der Waals surface area (Å²) in [6.07, 6.45) is 8.64. The first kappa shape index (κ1) is 15.5. The summed E-state index contributed by atoms with van der Waals surface area (Å²) in [5, 5.41) is 0. The highest BCUT2D eigenvalue weighted by molar-refractivity contribution is 9.10. The smallest absolute Gasteiger partial charge is 0.0686 e. The molecule has 1 saturated carbocycles. The van der Waals surface area contributed by atoms with Gasteiger partial charge in [-0.25, -0.2) is 0 Å². The van der Waals surface area contributed by atoms with Crippen molar-refractivity contribution >= 4 is 15.9 Å². The molecule has 0 radical (unpaired) electrons. The normalized spacial score (nSPS) is 26.7. The summed E-state index contributed by atoms with van der Waals surface area (Å²) in [5.41, 5.74) is 4.46. The third-order valence-electron chi connectivity index (χ3n) is 5.15. The Morgan fingerprint density at radius 1 is 1.29 bits per heavy atom. The van der Waals surface area contributed by atoms with Crippen LogP contribution >= 0.6 is 15.9 Å². The van der Waals surface area contributed by atoms with Crippen LogP contribution in [0.1, 0.15) is 56.6 Å². The Labute approximate surface area is 135 Å². The largest absolute Gasteiger partial charge is 0.375 e. The summed E-state index contributed by atoms with van der Waals surface area (Å²) in [6.45, 7) is 0.872. The number of hydrazine groups is 1. The number of hydrogen-bond acceptors (Lipinski definition) is 3. The summed E-state index contributed by atoms with van der Waals surface area (Å²) < 4.78 is 7.32. The van der Waals surface area contributed by atoms with Gasteiger partial charge in [-0.2, -0.15) is 0 Å². The number of hydrogen-bond donors (Lipinski definition) is 2. The molecule has 1 aromatic rings. The van der Waals surface area contributed by atoms with Crippen molar-refractivity contribution in [1.29, 1.82) is 0 Å². The third kappa shape index (κ3) is 3.50. The van der Waals surface area contributed by atoms with E-state index in [-0.39, 0.29) is 11.6 Å². The predicted molar refractivity (Wildman–Crippen MR) is 88.7 cm³/mol. The van der Waals surface area contributed by atoms with E-state index in [0.29, 0.717) is 5.92 Å². The van der Waals surface area contributed by atoms with Crippen LogP contribution in [0.25, 0.3) is 0 Å². The van der Waals surface area contributed by atoms with Gasteiger partial charge >= 0.3 is 0 Å². The van der Waals surface area contributed by atoms with Gasteiger partial charge in [-0.15, -0.1) is 0 Å². The lowest BCUT2D eigenvalue weighted by Crippen LogP contribution is -2.45. The SMILES string of the molecule is NNC(c1cccc(Br)c1)C1CCOC2(CCCCC2)C1. The number of halogens is 1. The Morgan fingerprint density at radius 2 is 2.10 bits per heavy atom. The first-order valence-corrected chi connectivity index (χ1v) is 8.87. The van der Waals surface area contributed by atoms with Crippen LogP contribution in [0.15, 0.2) is 28.7 Å². The van der Waals surface area contributed by atoms with Crippen LogP contribution in [0.4, 0.5) is 0 Å². The molecular formula is C17H25BrN2O. The van der Waals surface area contributed by atoms with E-state index in [4.69, 9.17) is 10.6 Å². The Morgan fingerprint density at radius 3 is 2.81 bits per heavy atom. The van der Waals surface area contributed by atoms with Crippen molar-refractivity contribution < 1.29 is 4.74 Å². The van der Waals surface area contributed by atoms with Gasteiger partial charge < -0.3 is 4.74 Å². The van der Waals surface area contributed by atoms with Crippen LogP contribution in [0.3, 0.4) is 0 Å². The fourth-order valence-electron chi connectivity index (χ4n) is 4.10. The maximum Gasteiger partial charge on any atom is 0.0686 e. The highest BCUT2D eigenvalue weighted by Crippen LogP contribution is 2.44. The second-order valence-corrected chi connectivity index (χ2v) is 7.46. The lowest BCUT2D eigenvalue weighted by molar-refractivity contribution is -0.122. The molecule has 0 amide bonds. The monoisotopic (exact) mass is 352 g/mol. The van der Waals surface area contributed by atoms with E-state index in [2.05, 4.69) is 45.6 Å². The fraction of sp³-hybridized carbons (Fsp3) is 0.647. The minimum atomic E-state index is 0.127. The van der Waals surface area contributed by atoms with Crippen molar-refractivity contribution in [2.24, 2.45) is 11.8 Å². The summed E-state index contributed by atoms with van der Waals surface area (Å²) >= 11 is 3.56. The van der Waals surface area contributed by atoms with Crippen molar-refractivity contribution in [1.82, 2.24) is 5.43 Å². The zero-order valence-electron chi connectivity index (χ0n) is 12.5. The number of nitrogens with two attached hydrogens (primary N) is 1. The van der Waals surface area contributed by atoms with Crippen LogP contribution in [-0.4, -0.2) is 12.2 Å². The van der Waals surface area contributed by atoms with Crippen LogP contribution in [0.5, 0.6) is 0 Å². The van der Waals surface area contributed by atoms with Gasteiger partial charge in [-0.3, -0.25) is 11.3 Å². The van der Waals surface area contributed by atoms with Gasteiger partial charge in [-0.1, -0.05) is 47.3 Å². The molecule has 2 fully saturated rings. The van der Waals surface area contributed by atoms with Gasteiger partial charge in [0.2, 0.25) is 0 Å². The summed E-state index contributed by atoms with van der Waals surface area (Å²) in [5.74, 6) is 6.45. The van der Waals surface area contributed by atoms with Crippen molar-refractivity contribution in [3.05, 3.63) is 34.3 Å². The molecule has 3 rings (SSSR count). The quantitative estimate of drug-likeness (QED) is 0.636. The second-order valence-electron chi connectivity index (χ2n) is 6.54. The molecule has 2 atom stereocenters. The molecule has 2 aliphatic rings. The third-order valence-corrected chi connectivity index (χ3v) is 5.65. The molecule has 3 N–H and O–H groups in total. The fourth-order valence-corrected chi connectivity index (χ4v) is 4.52. The standard InChI is InChI=1S/C17H25BrN2O/c18-15-6-4-5-13(11-15)16(20-19)14-7-10-21-17(12-14)8-2-1-3-9-17/h4-6,11,14,16,20H,1-3,7-10,12,19H2. The van der Waals surface area contributed by atoms with Gasteiger partial charge in [0.05, 0.1) is 5.60 Å². The number of rotatable bonds is 3. The van der Waals surface area contributed by atoms with Crippen LogP contribution in [-0.2, 0) is 4.74 Å². The molecule has 1 aliphatic heterocycles. The Balaban J connectivity index is 1.77. The molecule has 0 aromatic heterocycles. The molecule has 1 heterocycles. The summed E-state index contributed by atoms with van der Waals surface area (Å²) in [4.78, 5) is 0. The first-order chi connectivity index (χ1) is 10.2. The van der Waals surface area contributed by atoms with Crippen molar-refractivity contribution in [3.63, 3.8) is 0 Å². The summed E-state index contributed by atoms with van der Waals surface area (Å²) in [7, 11) is 0. The minimum Gasteiger partial charge on any atom is -0.375 e. The molecule has 1 aliphatic carbocycles. The van der Waals surface area contributed by atoms with Gasteiger partial charge in [-0.05, 0) is 49.3 Å². The predicted octanol–water partition coefficient (Wildman–Crippen LogP) is 4.08. The molecular weight excluding hydrogens is 328 g/mol. The highest BCUT2D eigenvalue weighted by atomic mass is 79.9. The first-order valence-electron chi connectivity index (χ1n) is 8.08. The minimum absolute atomic E-state index is 0.127. The average Bonchev–Trinajstić information content (AvgIpc) is 2.49. The van der Waals surface area contributed by atoms with E-state index in [1.54, 1.807) is 0 Å². The zero-order valence-corrected chi connectivity index (χ0v) is 14.1. The van der Waals surface area contributed by atoms with Crippen molar-refractivity contribution in [2.75, 3.05) is 6.61 Å². The van der Waals surface area contributed by atoms with E-state index < -0.39 is 0 Å². The van der Waals surface area contributed by atoms with E-state index in [9.17, 15) is 0 Å². The number of benzene rings is 1. The van der Waals surface area contributed by atoms with Crippen LogP contribution in [0, 0.1) is 5.92 Å². The molecule has 21 heavy (non-hydrogen) atoms. The Hall–Kier alpha value is -0.420. The van der Waals surface area contributed by atoms with Crippen LogP contribution < -0.4 is 11.3 Å². The van der Waals surface area contributed by atoms with Gasteiger partial charge in [0.1, 0.15) is 0 Å². The number of nitrogens with one attached hydrogen (secondary N) is 1. The molecule has 3 nitrogen and oxygen atoms in total. The van der Waals surface area contributed by atoms with E-state index in [1.165, 1.54) is 37.7 Å². The zero-order chi connectivity index (χ0) is 14.7. The topological polar surface area (TPSA) is 47.3 Å². The average molecular weight is 353 g/mol. The highest BCUT2D eigenvalue weighted by Gasteiger charge is 2.40. The Kier molecular flexibility index (Phi) is 4.99. The summed E-state index contributed by atoms with van der Waals surface area (Å²) in [6, 6.07) is 8.69. The van der Waals surface area contributed by atoms with Gasteiger partial charge in [0.25, 0.3) is 0 Å². The number of ether oxygens (including phenoxy) is 1. The molecule has 116 valence electrons. The molecule has 4 heteroatoms.